The van der Waals surface area contributed by atoms with E-state index in [4.69, 9.17) is 4.42 Å². The summed E-state index contributed by atoms with van der Waals surface area (Å²) in [5, 5.41) is 9.38. The Bertz CT molecular complexity index is 896. The molecule has 28 heavy (non-hydrogen) atoms. The van der Waals surface area contributed by atoms with E-state index in [9.17, 15) is 4.79 Å². The second-order valence-corrected chi connectivity index (χ2v) is 5.90. The van der Waals surface area contributed by atoms with Crippen LogP contribution in [0.3, 0.4) is 0 Å². The highest BCUT2D eigenvalue weighted by molar-refractivity contribution is 14.0. The van der Waals surface area contributed by atoms with E-state index in [1.165, 1.54) is 11.8 Å². The molecular weight excluding hydrogens is 467 g/mol. The van der Waals surface area contributed by atoms with Crippen LogP contribution in [-0.4, -0.2) is 18.9 Å². The van der Waals surface area contributed by atoms with Crippen LogP contribution in [0.2, 0.25) is 0 Å². The summed E-state index contributed by atoms with van der Waals surface area (Å²) in [6.45, 7) is 1.28. The second kappa shape index (κ2) is 11.1. The summed E-state index contributed by atoms with van der Waals surface area (Å²) in [7, 11) is 1.74. The van der Waals surface area contributed by atoms with Crippen LogP contribution in [0.15, 0.2) is 82.4 Å². The van der Waals surface area contributed by atoms with E-state index >= 15 is 0 Å². The van der Waals surface area contributed by atoms with Crippen molar-refractivity contribution < 1.29 is 9.21 Å². The second-order valence-electron chi connectivity index (χ2n) is 5.90. The standard InChI is InChI=1S/C21H22N4O2.HI/c1-22-21(23-14-16-7-3-2-4-8-16)24-15-17-9-5-10-18(13-17)25-20(26)19-11-6-12-27-19;/h2-13H,14-15H2,1H3,(H,25,26)(H2,22,23,24);1H. The molecule has 6 nitrogen and oxygen atoms in total. The largest absolute Gasteiger partial charge is 0.459 e. The van der Waals surface area contributed by atoms with Crippen molar-refractivity contribution in [3.05, 3.63) is 89.9 Å². The molecule has 1 aromatic heterocycles. The molecule has 0 aliphatic heterocycles. The molecule has 0 radical (unpaired) electrons. The van der Waals surface area contributed by atoms with Gasteiger partial charge in [-0.15, -0.1) is 24.0 Å². The zero-order valence-corrected chi connectivity index (χ0v) is 17.8. The van der Waals surface area contributed by atoms with Gasteiger partial charge in [0, 0.05) is 25.8 Å². The Balaban J connectivity index is 0.00000280. The van der Waals surface area contributed by atoms with E-state index in [1.54, 1.807) is 19.2 Å². The number of benzene rings is 2. The van der Waals surface area contributed by atoms with E-state index in [0.717, 1.165) is 5.56 Å². The zero-order chi connectivity index (χ0) is 18.9. The first kappa shape index (κ1) is 21.5. The third-order valence-corrected chi connectivity index (χ3v) is 3.92. The lowest BCUT2D eigenvalue weighted by atomic mass is 10.2. The van der Waals surface area contributed by atoms with Crippen molar-refractivity contribution in [1.29, 1.82) is 0 Å². The first-order valence-electron chi connectivity index (χ1n) is 8.67. The predicted molar refractivity (Wildman–Crippen MR) is 122 cm³/mol. The first-order chi connectivity index (χ1) is 13.2. The van der Waals surface area contributed by atoms with E-state index in [1.807, 2.05) is 42.5 Å². The Morgan fingerprint density at radius 2 is 1.64 bits per heavy atom. The molecular formula is C21H23IN4O2. The van der Waals surface area contributed by atoms with Crippen molar-refractivity contribution in [1.82, 2.24) is 10.6 Å². The predicted octanol–water partition coefficient (Wildman–Crippen LogP) is 4.02. The number of amides is 1. The summed E-state index contributed by atoms with van der Waals surface area (Å²) in [4.78, 5) is 16.3. The fourth-order valence-corrected chi connectivity index (χ4v) is 2.55. The Morgan fingerprint density at radius 1 is 0.929 bits per heavy atom. The molecule has 0 spiro atoms. The van der Waals surface area contributed by atoms with E-state index in [2.05, 4.69) is 33.1 Å². The van der Waals surface area contributed by atoms with E-state index in [-0.39, 0.29) is 35.6 Å². The summed E-state index contributed by atoms with van der Waals surface area (Å²) in [5.41, 5.74) is 2.92. The SMILES string of the molecule is CN=C(NCc1ccccc1)NCc1cccc(NC(=O)c2ccco2)c1.I. The number of aliphatic imine (C=N–C) groups is 1. The van der Waals surface area contributed by atoms with Crippen LogP contribution < -0.4 is 16.0 Å². The highest BCUT2D eigenvalue weighted by atomic mass is 127. The summed E-state index contributed by atoms with van der Waals surface area (Å²) in [6, 6.07) is 21.1. The van der Waals surface area contributed by atoms with Crippen molar-refractivity contribution in [2.45, 2.75) is 13.1 Å². The van der Waals surface area contributed by atoms with Gasteiger partial charge < -0.3 is 20.4 Å². The highest BCUT2D eigenvalue weighted by Crippen LogP contribution is 2.12. The molecule has 0 atom stereocenters. The smallest absolute Gasteiger partial charge is 0.291 e. The zero-order valence-electron chi connectivity index (χ0n) is 15.5. The molecule has 3 rings (SSSR count). The number of rotatable bonds is 6. The van der Waals surface area contributed by atoms with Crippen molar-refractivity contribution in [2.24, 2.45) is 4.99 Å². The number of nitrogens with one attached hydrogen (secondary N) is 3. The number of furan rings is 1. The van der Waals surface area contributed by atoms with Crippen LogP contribution in [0.4, 0.5) is 5.69 Å². The van der Waals surface area contributed by atoms with Crippen molar-refractivity contribution in [3.63, 3.8) is 0 Å². The lowest BCUT2D eigenvalue weighted by molar-refractivity contribution is 0.0996. The van der Waals surface area contributed by atoms with E-state index in [0.29, 0.717) is 24.7 Å². The van der Waals surface area contributed by atoms with Crippen molar-refractivity contribution in [3.8, 4) is 0 Å². The number of nitrogens with zero attached hydrogens (tertiary/aromatic N) is 1. The molecule has 0 unspecified atom stereocenters. The Labute approximate surface area is 181 Å². The average molecular weight is 490 g/mol. The molecule has 0 bridgehead atoms. The number of anilines is 1. The maximum atomic E-state index is 12.1. The molecule has 0 aliphatic rings. The van der Waals surface area contributed by atoms with Gasteiger partial charge in [0.05, 0.1) is 6.26 Å². The molecule has 0 fully saturated rings. The topological polar surface area (TPSA) is 78.7 Å². The molecule has 1 amide bonds. The summed E-state index contributed by atoms with van der Waals surface area (Å²) in [5.74, 6) is 0.721. The van der Waals surface area contributed by atoms with Gasteiger partial charge in [-0.2, -0.15) is 0 Å². The minimum atomic E-state index is -0.273. The maximum Gasteiger partial charge on any atom is 0.291 e. The van der Waals surface area contributed by atoms with Crippen LogP contribution in [0, 0.1) is 0 Å². The van der Waals surface area contributed by atoms with Gasteiger partial charge in [-0.3, -0.25) is 9.79 Å². The minimum absolute atomic E-state index is 0. The number of carbonyl (C=O) groups excluding carboxylic acids is 1. The van der Waals surface area contributed by atoms with Crippen molar-refractivity contribution >= 4 is 41.5 Å². The van der Waals surface area contributed by atoms with E-state index < -0.39 is 0 Å². The number of guanidine groups is 1. The molecule has 0 saturated carbocycles. The molecule has 0 saturated heterocycles. The number of carbonyl (C=O) groups is 1. The third-order valence-electron chi connectivity index (χ3n) is 3.92. The van der Waals surface area contributed by atoms with Gasteiger partial charge in [0.25, 0.3) is 5.91 Å². The number of hydrogen-bond acceptors (Lipinski definition) is 3. The third kappa shape index (κ3) is 6.41. The summed E-state index contributed by atoms with van der Waals surface area (Å²) < 4.78 is 5.11. The minimum Gasteiger partial charge on any atom is -0.459 e. The summed E-state index contributed by atoms with van der Waals surface area (Å²) in [6.07, 6.45) is 1.48. The van der Waals surface area contributed by atoms with Gasteiger partial charge in [0.2, 0.25) is 0 Å². The maximum absolute atomic E-state index is 12.1. The van der Waals surface area contributed by atoms with Gasteiger partial charge in [0.15, 0.2) is 11.7 Å². The molecule has 146 valence electrons. The molecule has 3 N–H and O–H groups in total. The van der Waals surface area contributed by atoms with Gasteiger partial charge in [-0.25, -0.2) is 0 Å². The van der Waals surface area contributed by atoms with Crippen LogP contribution in [0.5, 0.6) is 0 Å². The van der Waals surface area contributed by atoms with Crippen LogP contribution in [0.25, 0.3) is 0 Å². The fraction of sp³-hybridized carbons (Fsp3) is 0.143. The number of hydrogen-bond donors (Lipinski definition) is 3. The molecule has 3 aromatic rings. The molecule has 1 heterocycles. The number of halogens is 1. The van der Waals surface area contributed by atoms with Crippen LogP contribution in [-0.2, 0) is 13.1 Å². The van der Waals surface area contributed by atoms with Gasteiger partial charge in [-0.1, -0.05) is 42.5 Å². The van der Waals surface area contributed by atoms with Gasteiger partial charge in [-0.05, 0) is 35.4 Å². The molecule has 0 aliphatic carbocycles. The van der Waals surface area contributed by atoms with Gasteiger partial charge in [0.1, 0.15) is 0 Å². The Morgan fingerprint density at radius 3 is 2.32 bits per heavy atom. The Kier molecular flexibility index (Phi) is 8.54. The molecule has 2 aromatic carbocycles. The summed E-state index contributed by atoms with van der Waals surface area (Å²) >= 11 is 0. The first-order valence-corrected chi connectivity index (χ1v) is 8.67. The lowest BCUT2D eigenvalue weighted by Crippen LogP contribution is -2.36. The molecule has 7 heteroatoms. The average Bonchev–Trinajstić information content (AvgIpc) is 3.24. The van der Waals surface area contributed by atoms with Crippen LogP contribution in [0.1, 0.15) is 21.7 Å². The Hall–Kier alpha value is -2.81. The van der Waals surface area contributed by atoms with Crippen LogP contribution >= 0.6 is 24.0 Å². The van der Waals surface area contributed by atoms with Crippen molar-refractivity contribution in [2.75, 3.05) is 12.4 Å². The normalized spacial score (nSPS) is 10.7. The highest BCUT2D eigenvalue weighted by Gasteiger charge is 2.08. The quantitative estimate of drug-likeness (QED) is 0.277. The van der Waals surface area contributed by atoms with Gasteiger partial charge >= 0.3 is 0 Å². The monoisotopic (exact) mass is 490 g/mol. The fourth-order valence-electron chi connectivity index (χ4n) is 2.55. The lowest BCUT2D eigenvalue weighted by Gasteiger charge is -2.13.